The third-order valence-corrected chi connectivity index (χ3v) is 12.4. The van der Waals surface area contributed by atoms with Gasteiger partial charge in [-0.2, -0.15) is 0 Å². The SMILES string of the molecule is Cc1ccc(COc2ccccc2[C@@H]2c3sc(=O)[nH]c3S[C@@H]3[C@@H]4C[C@@H]([C@@H]5C(=O)N(c6ccc(C)cc6)C(=O)[C@@H]45)[C@@H]23)cc1. The molecule has 6 nitrogen and oxygen atoms in total. The van der Waals surface area contributed by atoms with Gasteiger partial charge in [-0.25, -0.2) is 0 Å². The van der Waals surface area contributed by atoms with Crippen molar-refractivity contribution in [2.24, 2.45) is 29.6 Å². The molecule has 3 heterocycles. The maximum absolute atomic E-state index is 14.0. The summed E-state index contributed by atoms with van der Waals surface area (Å²) in [5.41, 5.74) is 5.10. The van der Waals surface area contributed by atoms with E-state index in [1.54, 1.807) is 11.8 Å². The van der Waals surface area contributed by atoms with Crippen LogP contribution in [0, 0.1) is 43.4 Å². The molecule has 42 heavy (non-hydrogen) atoms. The monoisotopic (exact) mass is 594 g/mol. The number of carbonyl (C=O) groups is 2. The minimum atomic E-state index is -0.328. The van der Waals surface area contributed by atoms with Gasteiger partial charge in [0.15, 0.2) is 0 Å². The van der Waals surface area contributed by atoms with Gasteiger partial charge < -0.3 is 9.72 Å². The highest BCUT2D eigenvalue weighted by molar-refractivity contribution is 8.00. The Morgan fingerprint density at radius 2 is 1.52 bits per heavy atom. The van der Waals surface area contributed by atoms with Crippen molar-refractivity contribution in [2.45, 2.75) is 43.1 Å². The number of amides is 2. The maximum atomic E-state index is 14.0. The Hall–Kier alpha value is -3.62. The third kappa shape index (κ3) is 3.88. The highest BCUT2D eigenvalue weighted by Crippen LogP contribution is 2.69. The summed E-state index contributed by atoms with van der Waals surface area (Å²) in [6, 6.07) is 24.1. The van der Waals surface area contributed by atoms with Crippen molar-refractivity contribution in [2.75, 3.05) is 4.90 Å². The number of thioether (sulfide) groups is 1. The zero-order valence-electron chi connectivity index (χ0n) is 23.3. The number of nitrogens with one attached hydrogen (secondary N) is 1. The van der Waals surface area contributed by atoms with Gasteiger partial charge in [0.2, 0.25) is 11.8 Å². The molecule has 0 unspecified atom stereocenters. The highest BCUT2D eigenvalue weighted by atomic mass is 32.2. The van der Waals surface area contributed by atoms with Crippen LogP contribution in [-0.4, -0.2) is 22.0 Å². The Bertz CT molecular complexity index is 1780. The summed E-state index contributed by atoms with van der Waals surface area (Å²) in [7, 11) is 0. The molecule has 8 heteroatoms. The molecule has 2 amide bonds. The van der Waals surface area contributed by atoms with E-state index in [0.717, 1.165) is 38.8 Å². The van der Waals surface area contributed by atoms with E-state index in [1.165, 1.54) is 21.8 Å². The van der Waals surface area contributed by atoms with Gasteiger partial charge in [-0.3, -0.25) is 19.3 Å². The lowest BCUT2D eigenvalue weighted by molar-refractivity contribution is -0.123. The first-order chi connectivity index (χ1) is 20.4. The molecule has 2 bridgehead atoms. The van der Waals surface area contributed by atoms with Crippen LogP contribution in [0.25, 0.3) is 0 Å². The molecule has 2 aliphatic heterocycles. The van der Waals surface area contributed by atoms with Gasteiger partial charge in [0.25, 0.3) is 0 Å². The highest BCUT2D eigenvalue weighted by Gasteiger charge is 2.69. The summed E-state index contributed by atoms with van der Waals surface area (Å²) in [6.07, 6.45) is 0.860. The molecule has 8 rings (SSSR count). The lowest BCUT2D eigenvalue weighted by atomic mass is 9.68. The average molecular weight is 595 g/mol. The number of nitrogens with zero attached hydrogens (tertiary/aromatic N) is 1. The predicted octanol–water partition coefficient (Wildman–Crippen LogP) is 6.31. The molecule has 1 N–H and O–H groups in total. The van der Waals surface area contributed by atoms with Crippen LogP contribution in [0.2, 0.25) is 0 Å². The van der Waals surface area contributed by atoms with Crippen molar-refractivity contribution < 1.29 is 14.3 Å². The average Bonchev–Trinajstić information content (AvgIpc) is 3.72. The Morgan fingerprint density at radius 1 is 0.857 bits per heavy atom. The Kier molecular flexibility index (Phi) is 6.02. The smallest absolute Gasteiger partial charge is 0.305 e. The number of fused-ring (bicyclic) bond motifs is 9. The van der Waals surface area contributed by atoms with Crippen LogP contribution in [-0.2, 0) is 16.2 Å². The molecule has 1 aromatic heterocycles. The Balaban J connectivity index is 1.18. The molecule has 2 saturated carbocycles. The van der Waals surface area contributed by atoms with Crippen molar-refractivity contribution in [1.82, 2.24) is 4.98 Å². The van der Waals surface area contributed by atoms with Crippen LogP contribution in [0.5, 0.6) is 5.75 Å². The quantitative estimate of drug-likeness (QED) is 0.274. The summed E-state index contributed by atoms with van der Waals surface area (Å²) in [5.74, 6) is 0.213. The molecule has 4 aromatic rings. The van der Waals surface area contributed by atoms with E-state index in [2.05, 4.69) is 42.2 Å². The normalized spacial score (nSPS) is 29.0. The number of ether oxygens (including phenoxy) is 1. The molecule has 4 aliphatic rings. The largest absolute Gasteiger partial charge is 0.489 e. The summed E-state index contributed by atoms with van der Waals surface area (Å²) in [6.45, 7) is 4.51. The topological polar surface area (TPSA) is 79.5 Å². The number of carbonyl (C=O) groups excluding carboxylic acids is 2. The van der Waals surface area contributed by atoms with Crippen LogP contribution < -0.4 is 14.5 Å². The number of rotatable bonds is 5. The number of aromatic nitrogens is 1. The first kappa shape index (κ1) is 26.0. The van der Waals surface area contributed by atoms with Gasteiger partial charge in [-0.15, -0.1) is 11.8 Å². The van der Waals surface area contributed by atoms with Gasteiger partial charge in [-0.05, 0) is 61.8 Å². The number of thiazole rings is 1. The molecular formula is C34H30N2O4S2. The van der Waals surface area contributed by atoms with Crippen LogP contribution in [0.15, 0.2) is 82.6 Å². The Morgan fingerprint density at radius 3 is 2.26 bits per heavy atom. The van der Waals surface area contributed by atoms with Gasteiger partial charge in [0, 0.05) is 21.6 Å². The molecular weight excluding hydrogens is 565 g/mol. The van der Waals surface area contributed by atoms with E-state index < -0.39 is 0 Å². The second kappa shape index (κ2) is 9.71. The summed E-state index contributed by atoms with van der Waals surface area (Å²) >= 11 is 2.98. The number of H-pyrrole nitrogens is 1. The second-order valence-corrected chi connectivity index (χ2v) is 14.3. The minimum Gasteiger partial charge on any atom is -0.489 e. The van der Waals surface area contributed by atoms with Crippen LogP contribution in [0.1, 0.15) is 39.5 Å². The summed E-state index contributed by atoms with van der Waals surface area (Å²) < 4.78 is 6.46. The molecule has 3 fully saturated rings. The van der Waals surface area contributed by atoms with Gasteiger partial charge in [0.1, 0.15) is 12.4 Å². The number of aryl methyl sites for hydroxylation is 2. The molecule has 212 valence electrons. The molecule has 7 atom stereocenters. The summed E-state index contributed by atoms with van der Waals surface area (Å²) in [4.78, 5) is 46.0. The molecule has 2 aliphatic carbocycles. The lowest BCUT2D eigenvalue weighted by Gasteiger charge is -2.43. The number of imide groups is 1. The zero-order valence-corrected chi connectivity index (χ0v) is 24.9. The Labute approximate surface area is 252 Å². The number of hydrogen-bond acceptors (Lipinski definition) is 6. The van der Waals surface area contributed by atoms with Gasteiger partial charge in [0.05, 0.1) is 22.5 Å². The minimum absolute atomic E-state index is 0.0601. The number of hydrogen-bond donors (Lipinski definition) is 1. The number of para-hydroxylation sites is 1. The number of benzene rings is 3. The number of anilines is 1. The second-order valence-electron chi connectivity index (χ2n) is 12.1. The van der Waals surface area contributed by atoms with E-state index >= 15 is 0 Å². The van der Waals surface area contributed by atoms with E-state index in [0.29, 0.717) is 12.3 Å². The molecule has 0 radical (unpaired) electrons. The van der Waals surface area contributed by atoms with E-state index in [9.17, 15) is 14.4 Å². The van der Waals surface area contributed by atoms with Crippen molar-refractivity contribution in [3.05, 3.63) is 110 Å². The maximum Gasteiger partial charge on any atom is 0.305 e. The first-order valence-electron chi connectivity index (χ1n) is 14.5. The molecule has 0 spiro atoms. The van der Waals surface area contributed by atoms with Crippen molar-refractivity contribution >= 4 is 40.6 Å². The van der Waals surface area contributed by atoms with E-state index in [1.807, 2.05) is 49.4 Å². The van der Waals surface area contributed by atoms with Gasteiger partial charge in [-0.1, -0.05) is 77.1 Å². The van der Waals surface area contributed by atoms with Crippen LogP contribution in [0.4, 0.5) is 5.69 Å². The molecule has 3 aromatic carbocycles. The summed E-state index contributed by atoms with van der Waals surface area (Å²) in [5, 5.41) is 1.04. The molecule has 1 saturated heterocycles. The standard InChI is InChI=1S/C34H30N2O4S2/c1-17-7-11-19(12-8-17)16-40-24-6-4-3-5-21(24)25-26-22-15-23(29(26)41-31-30(25)42-34(39)35-31)28-27(22)32(37)36(33(28)38)20-13-9-18(2)10-14-20/h3-14,22-23,25-29H,15-16H2,1-2H3,(H,35,39)/t22-,23-,25+,26+,27+,28+,29-/m1/s1. The van der Waals surface area contributed by atoms with Crippen LogP contribution in [0.3, 0.4) is 0 Å². The number of aromatic amines is 1. The van der Waals surface area contributed by atoms with E-state index in [4.69, 9.17) is 4.74 Å². The van der Waals surface area contributed by atoms with Crippen LogP contribution >= 0.6 is 23.1 Å². The zero-order chi connectivity index (χ0) is 28.7. The predicted molar refractivity (Wildman–Crippen MR) is 164 cm³/mol. The first-order valence-corrected chi connectivity index (χ1v) is 16.2. The van der Waals surface area contributed by atoms with Crippen molar-refractivity contribution in [3.8, 4) is 5.75 Å². The van der Waals surface area contributed by atoms with Crippen molar-refractivity contribution in [3.63, 3.8) is 0 Å². The van der Waals surface area contributed by atoms with Gasteiger partial charge >= 0.3 is 4.87 Å². The van der Waals surface area contributed by atoms with Crippen molar-refractivity contribution in [1.29, 1.82) is 0 Å². The lowest BCUT2D eigenvalue weighted by Crippen LogP contribution is -2.42. The van der Waals surface area contributed by atoms with E-state index in [-0.39, 0.29) is 57.4 Å². The fraction of sp³-hybridized carbons (Fsp3) is 0.324. The fourth-order valence-electron chi connectivity index (χ4n) is 8.03. The third-order valence-electron chi connectivity index (χ3n) is 9.79. The fourth-order valence-corrected chi connectivity index (χ4v) is 10.9.